The zero-order valence-electron chi connectivity index (χ0n) is 42.1. The highest BCUT2D eigenvalue weighted by atomic mass is 33.1. The number of nitrogens with zero attached hydrogens (tertiary/aromatic N) is 3. The summed E-state index contributed by atoms with van der Waals surface area (Å²) < 4.78 is 63.1. The topological polar surface area (TPSA) is 264 Å². The van der Waals surface area contributed by atoms with Gasteiger partial charge >= 0.3 is 26.5 Å². The monoisotopic (exact) mass is 1140 g/mol. The predicted molar refractivity (Wildman–Crippen MR) is 293 cm³/mol. The molecular formula is C49H66N7O14PS4. The normalized spacial score (nSPS) is 16.4. The van der Waals surface area contributed by atoms with Crippen molar-refractivity contribution in [2.45, 2.75) is 68.6 Å². The van der Waals surface area contributed by atoms with E-state index < -0.39 is 45.0 Å². The Bertz CT molecular complexity index is 2490. The summed E-state index contributed by atoms with van der Waals surface area (Å²) in [5, 5.41) is 8.56. The number of nitrogens with one attached hydrogen (secondary N) is 3. The summed E-state index contributed by atoms with van der Waals surface area (Å²) in [6.45, 7) is 7.14. The Morgan fingerprint density at radius 3 is 2.21 bits per heavy atom. The first-order valence-electron chi connectivity index (χ1n) is 24.3. The van der Waals surface area contributed by atoms with Gasteiger partial charge in [0.2, 0.25) is 0 Å². The maximum atomic E-state index is 12.3. The minimum atomic E-state index is -3.16. The van der Waals surface area contributed by atoms with Gasteiger partial charge in [0, 0.05) is 43.0 Å². The van der Waals surface area contributed by atoms with Crippen molar-refractivity contribution < 1.29 is 66.3 Å². The lowest BCUT2D eigenvalue weighted by Gasteiger charge is -2.22. The molecule has 0 spiro atoms. The van der Waals surface area contributed by atoms with Crippen LogP contribution in [-0.4, -0.2) is 152 Å². The van der Waals surface area contributed by atoms with E-state index in [0.717, 1.165) is 11.1 Å². The molecule has 0 saturated carbocycles. The summed E-state index contributed by atoms with van der Waals surface area (Å²) in [6, 6.07) is 16.4. The van der Waals surface area contributed by atoms with Gasteiger partial charge in [0.1, 0.15) is 48.6 Å². The Morgan fingerprint density at radius 1 is 0.840 bits per heavy atom. The average Bonchev–Trinajstić information content (AvgIpc) is 4.08. The molecule has 3 amide bonds. The van der Waals surface area contributed by atoms with E-state index in [1.54, 1.807) is 43.1 Å². The van der Waals surface area contributed by atoms with Crippen LogP contribution in [0.1, 0.15) is 68.4 Å². The molecule has 26 heteroatoms. The number of amides is 3. The lowest BCUT2D eigenvalue weighted by molar-refractivity contribution is -0.0485. The quantitative estimate of drug-likeness (QED) is 0.00782. The molecule has 1 saturated heterocycles. The molecule has 4 aromatic rings. The number of ether oxygens (including phenoxy) is 8. The summed E-state index contributed by atoms with van der Waals surface area (Å²) in [5.74, 6) is 7.06. The number of carbonyl (C=O) groups is 3. The molecule has 2 aromatic heterocycles. The minimum Gasteiger partial charge on any atom is -0.450 e. The van der Waals surface area contributed by atoms with Crippen molar-refractivity contribution in [3.05, 3.63) is 77.7 Å². The van der Waals surface area contributed by atoms with Gasteiger partial charge in [-0.3, -0.25) is 4.57 Å². The first-order chi connectivity index (χ1) is 36.4. The zero-order valence-corrected chi connectivity index (χ0v) is 46.4. The Labute approximate surface area is 453 Å². The highest BCUT2D eigenvalue weighted by Crippen LogP contribution is 2.45. The third-order valence-corrected chi connectivity index (χ3v) is 16.4. The van der Waals surface area contributed by atoms with Gasteiger partial charge in [-0.25, -0.2) is 24.4 Å². The number of nitrogens with two attached hydrogens (primary N) is 1. The zero-order chi connectivity index (χ0) is 53.3. The van der Waals surface area contributed by atoms with Crippen LogP contribution >= 0.6 is 51.4 Å². The van der Waals surface area contributed by atoms with Crippen LogP contribution in [0.25, 0.3) is 22.2 Å². The van der Waals surface area contributed by atoms with Crippen LogP contribution in [-0.2, 0) is 47.0 Å². The number of carbonyl (C=O) groups excluding carboxylic acids is 3. The summed E-state index contributed by atoms with van der Waals surface area (Å²) >= 11 is 0. The second kappa shape index (κ2) is 32.3. The lowest BCUT2D eigenvalue weighted by atomic mass is 9.98. The highest BCUT2D eigenvalue weighted by Gasteiger charge is 2.39. The average molecular weight is 1140 g/mol. The lowest BCUT2D eigenvalue weighted by Crippen LogP contribution is -2.30. The molecule has 6 N–H and O–H groups in total. The van der Waals surface area contributed by atoms with Crippen molar-refractivity contribution in [2.75, 3.05) is 103 Å². The molecule has 1 fully saturated rings. The summed E-state index contributed by atoms with van der Waals surface area (Å²) in [4.78, 5) is 54.6. The van der Waals surface area contributed by atoms with E-state index in [0.29, 0.717) is 100 Å². The van der Waals surface area contributed by atoms with Crippen molar-refractivity contribution in [3.63, 3.8) is 0 Å². The number of nitrogen functional groups attached to an aromatic ring is 1. The van der Waals surface area contributed by atoms with E-state index in [4.69, 9.17) is 48.2 Å². The molecule has 2 unspecified atom stereocenters. The summed E-state index contributed by atoms with van der Waals surface area (Å²) in [5.41, 5.74) is 11.9. The Hall–Kier alpha value is -4.42. The van der Waals surface area contributed by atoms with E-state index in [1.807, 2.05) is 30.5 Å². The Balaban J connectivity index is 0.725. The minimum absolute atomic E-state index is 0.00130. The van der Waals surface area contributed by atoms with Crippen LogP contribution in [0.3, 0.4) is 0 Å². The van der Waals surface area contributed by atoms with Gasteiger partial charge in [-0.2, -0.15) is 0 Å². The molecule has 75 heavy (non-hydrogen) atoms. The van der Waals surface area contributed by atoms with Gasteiger partial charge in [0.15, 0.2) is 0 Å². The van der Waals surface area contributed by atoms with Crippen LogP contribution < -0.4 is 21.7 Å². The number of fused-ring (bicyclic) bond motifs is 4. The third-order valence-electron chi connectivity index (χ3n) is 11.5. The smallest absolute Gasteiger partial charge is 0.407 e. The first-order valence-corrected chi connectivity index (χ1v) is 30.6. The molecule has 0 radical (unpaired) electrons. The molecular weight excluding hydrogens is 1070 g/mol. The van der Waals surface area contributed by atoms with Crippen LogP contribution in [0, 0.1) is 11.8 Å². The molecule has 2 aromatic carbocycles. The maximum Gasteiger partial charge on any atom is 0.407 e. The number of unbranched alkanes of at least 4 members (excludes halogenated alkanes) is 1. The molecule has 0 bridgehead atoms. The van der Waals surface area contributed by atoms with Crippen LogP contribution in [0.5, 0.6) is 0 Å². The second-order valence-corrected chi connectivity index (χ2v) is 23.5. The molecule has 6 rings (SSSR count). The predicted octanol–water partition coefficient (Wildman–Crippen LogP) is 7.73. The number of hydrogen-bond acceptors (Lipinski definition) is 20. The second-order valence-electron chi connectivity index (χ2n) is 17.2. The highest BCUT2D eigenvalue weighted by molar-refractivity contribution is 8.77. The first kappa shape index (κ1) is 59.8. The van der Waals surface area contributed by atoms with Gasteiger partial charge in [-0.15, -0.1) is 0 Å². The van der Waals surface area contributed by atoms with Crippen LogP contribution in [0.15, 0.2) is 61.1 Å². The van der Waals surface area contributed by atoms with Crippen LogP contribution in [0.4, 0.5) is 20.2 Å². The van der Waals surface area contributed by atoms with Gasteiger partial charge in [-0.05, 0) is 61.6 Å². The van der Waals surface area contributed by atoms with Crippen molar-refractivity contribution in [3.8, 4) is 23.0 Å². The number of alkyl carbamates (subject to hydrolysis) is 3. The summed E-state index contributed by atoms with van der Waals surface area (Å²) in [7, 11) is 3.15. The molecule has 3 heterocycles. The SMILES string of the molecule is CSSCOC1C[C@H](n2cc(C#CCNC(=O)OCCCCOCSSC(C)(C)CCOC(=O)NCCOCCOCCNC(=O)OCC3c4ccccc4-c4ccccc43)c3c(N)ncnc32)O[C@@H]1CO[PH](=O)O. The van der Waals surface area contributed by atoms with Gasteiger partial charge < -0.3 is 73.6 Å². The van der Waals surface area contributed by atoms with E-state index in [9.17, 15) is 23.8 Å². The molecule has 21 nitrogen and oxygen atoms in total. The molecule has 4 atom stereocenters. The van der Waals surface area contributed by atoms with E-state index in [-0.39, 0.29) is 49.5 Å². The summed E-state index contributed by atoms with van der Waals surface area (Å²) in [6.07, 6.45) is 4.27. The van der Waals surface area contributed by atoms with E-state index in [1.165, 1.54) is 28.2 Å². The molecule has 1 aliphatic carbocycles. The third kappa shape index (κ3) is 19.8. The fourth-order valence-corrected chi connectivity index (χ4v) is 11.3. The van der Waals surface area contributed by atoms with Gasteiger partial charge in [-0.1, -0.05) is 104 Å². The fraction of sp³-hybridized carbons (Fsp3) is 0.531. The number of aromatic nitrogens is 3. The maximum absolute atomic E-state index is 12.3. The Morgan fingerprint density at radius 2 is 1.51 bits per heavy atom. The molecule has 410 valence electrons. The Kier molecular flexibility index (Phi) is 25.8. The van der Waals surface area contributed by atoms with Crippen molar-refractivity contribution >= 4 is 86.6 Å². The molecule has 2 aliphatic rings. The largest absolute Gasteiger partial charge is 0.450 e. The number of anilines is 1. The van der Waals surface area contributed by atoms with Gasteiger partial charge in [0.25, 0.3) is 0 Å². The number of hydrogen-bond donors (Lipinski definition) is 5. The number of rotatable bonds is 32. The van der Waals surface area contributed by atoms with E-state index >= 15 is 0 Å². The van der Waals surface area contributed by atoms with Crippen molar-refractivity contribution in [1.29, 1.82) is 0 Å². The standard InChI is InChI=1S/C49H66N7O14PS4/c1-49(2,16-22-66-47(58)52-18-23-62-25-26-63-24-19-53-48(59)67-29-39-37-14-6-4-12-35(37)36-13-5-7-15-38(36)39)75-74-32-64-20-8-9-21-65-46(57)51-17-10-11-34-28-56(45-43(34)44(50)54-31-55-45)42-27-40(68-33-73-72-3)41(70-42)30-69-71(60)61/h4-7,12-15,28,31,39-42,71H,8-9,16-27,29-30,32-33H2,1-3H3,(H,51,57)(H,52,58)(H,53,59)(H,60,61)(H2,50,54,55)/t40?,41-,42-/m1/s1. The van der Waals surface area contributed by atoms with Crippen molar-refractivity contribution in [2.24, 2.45) is 0 Å². The molecule has 1 aliphatic heterocycles. The van der Waals surface area contributed by atoms with E-state index in [2.05, 4.69) is 75.9 Å². The van der Waals surface area contributed by atoms with Crippen LogP contribution in [0.2, 0.25) is 0 Å². The van der Waals surface area contributed by atoms with Crippen molar-refractivity contribution in [1.82, 2.24) is 30.5 Å². The van der Waals surface area contributed by atoms with Gasteiger partial charge in [0.05, 0.1) is 69.8 Å². The number of benzene rings is 2. The fourth-order valence-electron chi connectivity index (χ4n) is 7.89.